The van der Waals surface area contributed by atoms with Gasteiger partial charge < -0.3 is 15.0 Å². The fraction of sp³-hybridized carbons (Fsp3) is 0.733. The molecule has 1 saturated heterocycles. The Morgan fingerprint density at radius 1 is 1.55 bits per heavy atom. The molecule has 22 heavy (non-hydrogen) atoms. The molecule has 1 atom stereocenters. The Kier molecular flexibility index (Phi) is 9.27. The minimum atomic E-state index is 0. The summed E-state index contributed by atoms with van der Waals surface area (Å²) < 4.78 is 5.45. The summed E-state index contributed by atoms with van der Waals surface area (Å²) in [6, 6.07) is 0. The number of thiazole rings is 1. The molecule has 0 radical (unpaired) electrons. The van der Waals surface area contributed by atoms with E-state index in [1.165, 1.54) is 5.01 Å². The first-order chi connectivity index (χ1) is 10.2. The van der Waals surface area contributed by atoms with Gasteiger partial charge in [-0.3, -0.25) is 0 Å². The molecule has 2 heterocycles. The quantitative estimate of drug-likeness (QED) is 0.422. The Balaban J connectivity index is 0.00000242. The molecular weight excluding hydrogens is 411 g/mol. The Morgan fingerprint density at radius 2 is 2.36 bits per heavy atom. The highest BCUT2D eigenvalue weighted by Gasteiger charge is 2.19. The second kappa shape index (κ2) is 10.4. The number of aliphatic imine (C=N–C) groups is 1. The van der Waals surface area contributed by atoms with Crippen molar-refractivity contribution >= 4 is 41.3 Å². The van der Waals surface area contributed by atoms with Crippen LogP contribution in [0.1, 0.15) is 31.0 Å². The third-order valence-corrected chi connectivity index (χ3v) is 4.59. The number of hydrogen-bond acceptors (Lipinski definition) is 4. The van der Waals surface area contributed by atoms with Crippen LogP contribution in [0.4, 0.5) is 0 Å². The number of halogens is 1. The van der Waals surface area contributed by atoms with Crippen LogP contribution in [-0.4, -0.2) is 49.2 Å². The third-order valence-electron chi connectivity index (χ3n) is 3.55. The maximum Gasteiger partial charge on any atom is 0.194 e. The molecule has 5 nitrogen and oxygen atoms in total. The summed E-state index contributed by atoms with van der Waals surface area (Å²) in [5, 5.41) is 6.65. The van der Waals surface area contributed by atoms with Gasteiger partial charge in [0.05, 0.1) is 23.9 Å². The van der Waals surface area contributed by atoms with Crippen LogP contribution in [0.25, 0.3) is 0 Å². The average Bonchev–Trinajstić information content (AvgIpc) is 3.14. The van der Waals surface area contributed by atoms with Gasteiger partial charge in [0.2, 0.25) is 0 Å². The zero-order valence-corrected chi connectivity index (χ0v) is 16.8. The van der Waals surface area contributed by atoms with Crippen LogP contribution < -0.4 is 5.32 Å². The Hall–Kier alpha value is -0.410. The van der Waals surface area contributed by atoms with Crippen molar-refractivity contribution in [3.8, 4) is 0 Å². The van der Waals surface area contributed by atoms with Crippen molar-refractivity contribution in [2.24, 2.45) is 10.9 Å². The van der Waals surface area contributed by atoms with Crippen molar-refractivity contribution in [2.45, 2.75) is 33.2 Å². The Bertz CT molecular complexity index is 460. The topological polar surface area (TPSA) is 49.8 Å². The standard InChI is InChI=1S/C15H26N4OS.HI/c1-4-14-18-13(11-21-14)8-17-15(16-5-2)19(3)9-12-6-7-20-10-12;/h11-12H,4-10H2,1-3H3,(H,16,17);1H. The highest BCUT2D eigenvalue weighted by molar-refractivity contribution is 14.0. The number of nitrogens with zero attached hydrogens (tertiary/aromatic N) is 3. The Labute approximate surface area is 154 Å². The molecule has 126 valence electrons. The molecule has 1 aliphatic heterocycles. The molecule has 1 unspecified atom stereocenters. The molecule has 7 heteroatoms. The number of guanidine groups is 1. The molecule has 0 saturated carbocycles. The van der Waals surface area contributed by atoms with E-state index in [1.54, 1.807) is 11.3 Å². The van der Waals surface area contributed by atoms with Crippen LogP contribution in [0.2, 0.25) is 0 Å². The third kappa shape index (κ3) is 6.00. The second-order valence-electron chi connectivity index (χ2n) is 5.37. The number of aryl methyl sites for hydroxylation is 1. The molecule has 0 bridgehead atoms. The lowest BCUT2D eigenvalue weighted by Gasteiger charge is -2.24. The lowest BCUT2D eigenvalue weighted by Crippen LogP contribution is -2.41. The lowest BCUT2D eigenvalue weighted by molar-refractivity contribution is 0.181. The fourth-order valence-corrected chi connectivity index (χ4v) is 3.15. The zero-order chi connectivity index (χ0) is 15.1. The van der Waals surface area contributed by atoms with Gasteiger partial charge in [-0.1, -0.05) is 6.92 Å². The van der Waals surface area contributed by atoms with E-state index in [0.29, 0.717) is 12.5 Å². The molecule has 0 aromatic carbocycles. The Morgan fingerprint density at radius 3 is 2.95 bits per heavy atom. The first-order valence-corrected chi connectivity index (χ1v) is 8.61. The van der Waals surface area contributed by atoms with Gasteiger partial charge in [-0.15, -0.1) is 35.3 Å². The van der Waals surface area contributed by atoms with Crippen LogP contribution in [0.5, 0.6) is 0 Å². The zero-order valence-electron chi connectivity index (χ0n) is 13.7. The molecule has 0 amide bonds. The van der Waals surface area contributed by atoms with Crippen molar-refractivity contribution in [1.29, 1.82) is 0 Å². The van der Waals surface area contributed by atoms with Gasteiger partial charge in [0.1, 0.15) is 0 Å². The van der Waals surface area contributed by atoms with E-state index in [9.17, 15) is 0 Å². The number of ether oxygens (including phenoxy) is 1. The van der Waals surface area contributed by atoms with Gasteiger partial charge in [0.15, 0.2) is 5.96 Å². The van der Waals surface area contributed by atoms with Gasteiger partial charge in [-0.25, -0.2) is 9.98 Å². The van der Waals surface area contributed by atoms with Crippen molar-refractivity contribution in [3.63, 3.8) is 0 Å². The first kappa shape index (κ1) is 19.6. The molecule has 0 aliphatic carbocycles. The summed E-state index contributed by atoms with van der Waals surface area (Å²) >= 11 is 1.72. The van der Waals surface area contributed by atoms with Crippen molar-refractivity contribution in [1.82, 2.24) is 15.2 Å². The van der Waals surface area contributed by atoms with Gasteiger partial charge in [0.25, 0.3) is 0 Å². The normalized spacial score (nSPS) is 18.1. The van der Waals surface area contributed by atoms with Crippen molar-refractivity contribution in [3.05, 3.63) is 16.1 Å². The van der Waals surface area contributed by atoms with E-state index in [0.717, 1.165) is 50.8 Å². The molecule has 1 fully saturated rings. The van der Waals surface area contributed by atoms with Crippen LogP contribution >= 0.6 is 35.3 Å². The first-order valence-electron chi connectivity index (χ1n) is 7.73. The second-order valence-corrected chi connectivity index (χ2v) is 6.31. The van der Waals surface area contributed by atoms with Gasteiger partial charge >= 0.3 is 0 Å². The molecule has 1 aromatic heterocycles. The molecule has 2 rings (SSSR count). The molecule has 1 aromatic rings. The monoisotopic (exact) mass is 438 g/mol. The van der Waals surface area contributed by atoms with E-state index in [4.69, 9.17) is 9.73 Å². The maximum atomic E-state index is 5.45. The number of nitrogens with one attached hydrogen (secondary N) is 1. The van der Waals surface area contributed by atoms with E-state index in [-0.39, 0.29) is 24.0 Å². The minimum absolute atomic E-state index is 0. The number of rotatable bonds is 6. The summed E-state index contributed by atoms with van der Waals surface area (Å²) in [6.07, 6.45) is 2.14. The molecule has 1 N–H and O–H groups in total. The highest BCUT2D eigenvalue weighted by Crippen LogP contribution is 2.14. The van der Waals surface area contributed by atoms with E-state index >= 15 is 0 Å². The van der Waals surface area contributed by atoms with Crippen LogP contribution in [0, 0.1) is 5.92 Å². The predicted molar refractivity (Wildman–Crippen MR) is 103 cm³/mol. The number of aromatic nitrogens is 1. The summed E-state index contributed by atoms with van der Waals surface area (Å²) in [5.74, 6) is 1.57. The maximum absolute atomic E-state index is 5.45. The molecular formula is C15H27IN4OS. The van der Waals surface area contributed by atoms with Crippen LogP contribution in [0.3, 0.4) is 0 Å². The van der Waals surface area contributed by atoms with E-state index in [2.05, 4.69) is 41.5 Å². The average molecular weight is 438 g/mol. The van der Waals surface area contributed by atoms with E-state index in [1.807, 2.05) is 0 Å². The lowest BCUT2D eigenvalue weighted by atomic mass is 10.1. The van der Waals surface area contributed by atoms with Gasteiger partial charge in [0, 0.05) is 38.0 Å². The van der Waals surface area contributed by atoms with Crippen LogP contribution in [-0.2, 0) is 17.7 Å². The SMILES string of the molecule is CCNC(=NCc1csc(CC)n1)N(C)CC1CCOC1.I. The smallest absolute Gasteiger partial charge is 0.194 e. The fourth-order valence-electron chi connectivity index (χ4n) is 2.41. The van der Waals surface area contributed by atoms with E-state index < -0.39 is 0 Å². The van der Waals surface area contributed by atoms with Crippen molar-refractivity contribution in [2.75, 3.05) is 33.4 Å². The minimum Gasteiger partial charge on any atom is -0.381 e. The summed E-state index contributed by atoms with van der Waals surface area (Å²) in [4.78, 5) is 11.5. The molecule has 0 spiro atoms. The number of hydrogen-bond donors (Lipinski definition) is 1. The van der Waals surface area contributed by atoms with Gasteiger partial charge in [-0.2, -0.15) is 0 Å². The van der Waals surface area contributed by atoms with Gasteiger partial charge in [-0.05, 0) is 19.8 Å². The van der Waals surface area contributed by atoms with Crippen LogP contribution in [0.15, 0.2) is 10.4 Å². The van der Waals surface area contributed by atoms with Crippen molar-refractivity contribution < 1.29 is 4.74 Å². The summed E-state index contributed by atoms with van der Waals surface area (Å²) in [7, 11) is 2.10. The molecule has 1 aliphatic rings. The predicted octanol–water partition coefficient (Wildman–Crippen LogP) is 2.76. The summed E-state index contributed by atoms with van der Waals surface area (Å²) in [6.45, 7) is 8.50. The summed E-state index contributed by atoms with van der Waals surface area (Å²) in [5.41, 5.74) is 1.06. The highest BCUT2D eigenvalue weighted by atomic mass is 127. The largest absolute Gasteiger partial charge is 0.381 e.